The van der Waals surface area contributed by atoms with Gasteiger partial charge in [0.1, 0.15) is 6.07 Å². The van der Waals surface area contributed by atoms with Crippen molar-refractivity contribution in [3.8, 4) is 6.07 Å². The summed E-state index contributed by atoms with van der Waals surface area (Å²) in [5.74, 6) is 1.06. The SMILES string of the molecule is CCC(CSC)Nc1ccc(C)cc1C#N. The lowest BCUT2D eigenvalue weighted by atomic mass is 10.1. The number of hydrogen-bond acceptors (Lipinski definition) is 3. The molecule has 1 unspecified atom stereocenters. The summed E-state index contributed by atoms with van der Waals surface area (Å²) in [6.07, 6.45) is 3.17. The Kier molecular flexibility index (Phi) is 5.21. The molecule has 16 heavy (non-hydrogen) atoms. The molecule has 1 aromatic carbocycles. The zero-order valence-corrected chi connectivity index (χ0v) is 10.9. The molecule has 0 saturated heterocycles. The fourth-order valence-corrected chi connectivity index (χ4v) is 2.28. The second kappa shape index (κ2) is 6.44. The molecule has 0 aromatic heterocycles. The first kappa shape index (κ1) is 12.9. The molecule has 0 bridgehead atoms. The first-order chi connectivity index (χ1) is 7.71. The van der Waals surface area contributed by atoms with Crippen molar-refractivity contribution in [1.82, 2.24) is 0 Å². The fraction of sp³-hybridized carbons (Fsp3) is 0.462. The number of anilines is 1. The van der Waals surface area contributed by atoms with Gasteiger partial charge >= 0.3 is 0 Å². The Morgan fingerprint density at radius 1 is 1.50 bits per heavy atom. The van der Waals surface area contributed by atoms with Crippen molar-refractivity contribution >= 4 is 17.4 Å². The molecule has 1 N–H and O–H groups in total. The first-order valence-corrected chi connectivity index (χ1v) is 6.86. The average Bonchev–Trinajstić information content (AvgIpc) is 2.30. The zero-order chi connectivity index (χ0) is 12.0. The molecule has 0 aliphatic carbocycles. The standard InChI is InChI=1S/C13H18N2S/c1-4-12(9-16-3)15-13-6-5-10(2)7-11(13)8-14/h5-7,12,15H,4,9H2,1-3H3. The van der Waals surface area contributed by atoms with Gasteiger partial charge in [-0.2, -0.15) is 17.0 Å². The van der Waals surface area contributed by atoms with E-state index in [1.165, 1.54) is 0 Å². The lowest BCUT2D eigenvalue weighted by molar-refractivity contribution is 0.774. The number of nitrogens with one attached hydrogen (secondary N) is 1. The third-order valence-electron chi connectivity index (χ3n) is 2.52. The maximum Gasteiger partial charge on any atom is 0.101 e. The van der Waals surface area contributed by atoms with Gasteiger partial charge in [-0.15, -0.1) is 0 Å². The van der Waals surface area contributed by atoms with E-state index in [1.54, 1.807) is 0 Å². The van der Waals surface area contributed by atoms with E-state index in [2.05, 4.69) is 24.6 Å². The highest BCUT2D eigenvalue weighted by atomic mass is 32.2. The molecule has 0 radical (unpaired) electrons. The second-order valence-corrected chi connectivity index (χ2v) is 4.78. The minimum Gasteiger partial charge on any atom is -0.380 e. The fourth-order valence-electron chi connectivity index (χ4n) is 1.56. The zero-order valence-electron chi connectivity index (χ0n) is 10.1. The van der Waals surface area contributed by atoms with Crippen LogP contribution in [0.2, 0.25) is 0 Å². The molecule has 0 aliphatic heterocycles. The summed E-state index contributed by atoms with van der Waals surface area (Å²) in [6.45, 7) is 4.16. The van der Waals surface area contributed by atoms with E-state index in [0.717, 1.165) is 29.0 Å². The maximum atomic E-state index is 9.06. The van der Waals surface area contributed by atoms with E-state index in [1.807, 2.05) is 36.9 Å². The van der Waals surface area contributed by atoms with E-state index in [9.17, 15) is 0 Å². The largest absolute Gasteiger partial charge is 0.380 e. The number of benzene rings is 1. The van der Waals surface area contributed by atoms with Crippen LogP contribution in [0.4, 0.5) is 5.69 Å². The monoisotopic (exact) mass is 234 g/mol. The van der Waals surface area contributed by atoms with Gasteiger partial charge in [0.05, 0.1) is 11.3 Å². The quantitative estimate of drug-likeness (QED) is 0.848. The molecule has 2 nitrogen and oxygen atoms in total. The van der Waals surface area contributed by atoms with Crippen LogP contribution in [0, 0.1) is 18.3 Å². The van der Waals surface area contributed by atoms with Crippen LogP contribution in [0.3, 0.4) is 0 Å². The minimum atomic E-state index is 0.435. The predicted molar refractivity (Wildman–Crippen MR) is 72.0 cm³/mol. The third kappa shape index (κ3) is 3.46. The van der Waals surface area contributed by atoms with Crippen LogP contribution in [0.15, 0.2) is 18.2 Å². The summed E-state index contributed by atoms with van der Waals surface area (Å²) >= 11 is 1.82. The van der Waals surface area contributed by atoms with E-state index in [4.69, 9.17) is 5.26 Å². The van der Waals surface area contributed by atoms with Gasteiger partial charge in [-0.3, -0.25) is 0 Å². The third-order valence-corrected chi connectivity index (χ3v) is 3.25. The van der Waals surface area contributed by atoms with Crippen LogP contribution in [0.1, 0.15) is 24.5 Å². The molecular formula is C13H18N2S. The first-order valence-electron chi connectivity index (χ1n) is 5.47. The molecule has 3 heteroatoms. The number of hydrogen-bond donors (Lipinski definition) is 1. The molecule has 0 aliphatic rings. The molecule has 0 amide bonds. The summed E-state index contributed by atoms with van der Waals surface area (Å²) < 4.78 is 0. The number of nitrogens with zero attached hydrogens (tertiary/aromatic N) is 1. The van der Waals surface area contributed by atoms with E-state index < -0.39 is 0 Å². The Morgan fingerprint density at radius 2 is 2.25 bits per heavy atom. The Morgan fingerprint density at radius 3 is 2.81 bits per heavy atom. The highest BCUT2D eigenvalue weighted by Gasteiger charge is 2.08. The van der Waals surface area contributed by atoms with Crippen LogP contribution in [-0.2, 0) is 0 Å². The van der Waals surface area contributed by atoms with E-state index in [0.29, 0.717) is 6.04 Å². The smallest absolute Gasteiger partial charge is 0.101 e. The van der Waals surface area contributed by atoms with Crippen molar-refractivity contribution < 1.29 is 0 Å². The van der Waals surface area contributed by atoms with Crippen molar-refractivity contribution in [2.45, 2.75) is 26.3 Å². The number of aryl methyl sites for hydroxylation is 1. The van der Waals surface area contributed by atoms with Crippen LogP contribution < -0.4 is 5.32 Å². The summed E-state index contributed by atoms with van der Waals surface area (Å²) in [4.78, 5) is 0. The number of rotatable bonds is 5. The highest BCUT2D eigenvalue weighted by Crippen LogP contribution is 2.18. The molecule has 0 saturated carbocycles. The Labute approximate surface area is 102 Å². The van der Waals surface area contributed by atoms with Gasteiger partial charge in [0.15, 0.2) is 0 Å². The van der Waals surface area contributed by atoms with Gasteiger partial charge in [0.2, 0.25) is 0 Å². The molecule has 0 spiro atoms. The summed E-state index contributed by atoms with van der Waals surface area (Å²) in [6, 6.07) is 8.63. The molecular weight excluding hydrogens is 216 g/mol. The molecule has 86 valence electrons. The van der Waals surface area contributed by atoms with Crippen molar-refractivity contribution in [2.24, 2.45) is 0 Å². The Balaban J connectivity index is 2.83. The van der Waals surface area contributed by atoms with Crippen molar-refractivity contribution in [3.05, 3.63) is 29.3 Å². The van der Waals surface area contributed by atoms with Gasteiger partial charge in [-0.25, -0.2) is 0 Å². The van der Waals surface area contributed by atoms with Gasteiger partial charge < -0.3 is 5.32 Å². The molecule has 0 heterocycles. The molecule has 1 rings (SSSR count). The maximum absolute atomic E-state index is 9.06. The van der Waals surface area contributed by atoms with Gasteiger partial charge in [0, 0.05) is 11.8 Å². The van der Waals surface area contributed by atoms with Crippen LogP contribution >= 0.6 is 11.8 Å². The summed E-state index contributed by atoms with van der Waals surface area (Å²) in [7, 11) is 0. The normalized spacial score (nSPS) is 11.9. The second-order valence-electron chi connectivity index (χ2n) is 3.87. The Hall–Kier alpha value is -1.14. The van der Waals surface area contributed by atoms with Crippen molar-refractivity contribution in [2.75, 3.05) is 17.3 Å². The minimum absolute atomic E-state index is 0.435. The highest BCUT2D eigenvalue weighted by molar-refractivity contribution is 7.98. The average molecular weight is 234 g/mol. The van der Waals surface area contributed by atoms with Crippen molar-refractivity contribution in [3.63, 3.8) is 0 Å². The van der Waals surface area contributed by atoms with Crippen molar-refractivity contribution in [1.29, 1.82) is 5.26 Å². The van der Waals surface area contributed by atoms with Gasteiger partial charge in [-0.05, 0) is 37.3 Å². The van der Waals surface area contributed by atoms with Gasteiger partial charge in [-0.1, -0.05) is 13.0 Å². The molecule has 1 aromatic rings. The summed E-state index contributed by atoms with van der Waals surface area (Å²) in [5.41, 5.74) is 2.81. The topological polar surface area (TPSA) is 35.8 Å². The van der Waals surface area contributed by atoms with Crippen LogP contribution in [0.5, 0.6) is 0 Å². The number of thioether (sulfide) groups is 1. The molecule has 1 atom stereocenters. The van der Waals surface area contributed by atoms with Crippen LogP contribution in [-0.4, -0.2) is 18.1 Å². The lowest BCUT2D eigenvalue weighted by Crippen LogP contribution is -2.21. The van der Waals surface area contributed by atoms with Crippen LogP contribution in [0.25, 0.3) is 0 Å². The Bertz CT molecular complexity index is 382. The van der Waals surface area contributed by atoms with Gasteiger partial charge in [0.25, 0.3) is 0 Å². The predicted octanol–water partition coefficient (Wildman–Crippen LogP) is 3.42. The molecule has 0 fully saturated rings. The number of nitriles is 1. The van der Waals surface area contributed by atoms with E-state index >= 15 is 0 Å². The van der Waals surface area contributed by atoms with E-state index in [-0.39, 0.29) is 0 Å². The lowest BCUT2D eigenvalue weighted by Gasteiger charge is -2.18. The summed E-state index contributed by atoms with van der Waals surface area (Å²) in [5, 5.41) is 12.5.